The van der Waals surface area contributed by atoms with Gasteiger partial charge in [0.05, 0.1) is 19.6 Å². The molecule has 7 heteroatoms. The molecule has 0 aliphatic carbocycles. The summed E-state index contributed by atoms with van der Waals surface area (Å²) in [5, 5.41) is 0. The van der Waals surface area contributed by atoms with Crippen molar-refractivity contribution >= 4 is 18.2 Å². The summed E-state index contributed by atoms with van der Waals surface area (Å²) in [5.74, 6) is -2.47. The molecule has 0 aliphatic rings. The van der Waals surface area contributed by atoms with Gasteiger partial charge in [-0.05, 0) is 13.8 Å². The number of esters is 2. The van der Waals surface area contributed by atoms with E-state index in [-0.39, 0.29) is 19.5 Å². The number of hydrogen-bond acceptors (Lipinski definition) is 5. The quantitative estimate of drug-likeness (QED) is 0.383. The Labute approximate surface area is 97.1 Å². The van der Waals surface area contributed by atoms with Crippen LogP contribution in [0.5, 0.6) is 0 Å². The Hall–Kier alpha value is -1.53. The van der Waals surface area contributed by atoms with Crippen LogP contribution >= 0.6 is 0 Å². The summed E-state index contributed by atoms with van der Waals surface area (Å²) < 4.78 is 34.4. The average Bonchev–Trinajstić information content (AvgIpc) is 2.26. The van der Waals surface area contributed by atoms with Crippen LogP contribution in [0, 0.1) is 5.41 Å². The van der Waals surface area contributed by atoms with Crippen molar-refractivity contribution < 1.29 is 32.6 Å². The first-order valence-electron chi connectivity index (χ1n) is 5.01. The highest BCUT2D eigenvalue weighted by molar-refractivity contribution is 5.97. The Morgan fingerprint density at radius 1 is 1.24 bits per heavy atom. The first-order valence-corrected chi connectivity index (χ1v) is 5.01. The third kappa shape index (κ3) is 3.76. The van der Waals surface area contributed by atoms with Gasteiger partial charge in [0.25, 0.3) is 6.43 Å². The van der Waals surface area contributed by atoms with Gasteiger partial charge in [0.2, 0.25) is 0 Å². The van der Waals surface area contributed by atoms with Crippen LogP contribution in [-0.2, 0) is 23.9 Å². The molecule has 17 heavy (non-hydrogen) atoms. The van der Waals surface area contributed by atoms with E-state index in [0.717, 1.165) is 0 Å². The molecule has 5 nitrogen and oxygen atoms in total. The highest BCUT2D eigenvalue weighted by atomic mass is 19.3. The van der Waals surface area contributed by atoms with Crippen molar-refractivity contribution in [3.8, 4) is 0 Å². The van der Waals surface area contributed by atoms with E-state index in [4.69, 9.17) is 0 Å². The molecule has 1 atom stereocenters. The maximum Gasteiger partial charge on any atom is 0.325 e. The van der Waals surface area contributed by atoms with E-state index in [1.807, 2.05) is 0 Å². The number of rotatable bonds is 7. The lowest BCUT2D eigenvalue weighted by Gasteiger charge is -2.23. The highest BCUT2D eigenvalue weighted by Crippen LogP contribution is 2.30. The molecule has 0 heterocycles. The van der Waals surface area contributed by atoms with Gasteiger partial charge in [-0.15, -0.1) is 0 Å². The third-order valence-electron chi connectivity index (χ3n) is 2.00. The molecule has 0 N–H and O–H groups in total. The minimum Gasteiger partial charge on any atom is -0.466 e. The van der Waals surface area contributed by atoms with E-state index >= 15 is 0 Å². The van der Waals surface area contributed by atoms with Crippen molar-refractivity contribution in [2.75, 3.05) is 13.2 Å². The Morgan fingerprint density at radius 2 is 1.76 bits per heavy atom. The fraction of sp³-hybridized carbons (Fsp3) is 0.700. The Kier molecular flexibility index (Phi) is 6.30. The molecule has 0 saturated carbocycles. The van der Waals surface area contributed by atoms with Gasteiger partial charge in [-0.2, -0.15) is 0 Å². The first kappa shape index (κ1) is 15.5. The molecule has 0 spiro atoms. The lowest BCUT2D eigenvalue weighted by atomic mass is 9.86. The van der Waals surface area contributed by atoms with E-state index in [9.17, 15) is 23.2 Å². The van der Waals surface area contributed by atoms with Crippen molar-refractivity contribution in [3.05, 3.63) is 0 Å². The Balaban J connectivity index is 5.01. The molecule has 0 radical (unpaired) electrons. The largest absolute Gasteiger partial charge is 0.466 e. The third-order valence-corrected chi connectivity index (χ3v) is 2.00. The number of aldehydes is 1. The van der Waals surface area contributed by atoms with Crippen LogP contribution in [0.4, 0.5) is 8.78 Å². The van der Waals surface area contributed by atoms with Gasteiger partial charge in [0.15, 0.2) is 5.41 Å². The van der Waals surface area contributed by atoms with Crippen LogP contribution in [-0.4, -0.2) is 37.9 Å². The molecule has 0 aromatic heterocycles. The molecule has 0 aliphatic heterocycles. The molecule has 0 saturated heterocycles. The fourth-order valence-electron chi connectivity index (χ4n) is 1.10. The standard InChI is InChI=1S/C10H14F2O5/c1-3-16-7(14)5-10(6-13,8(11)12)9(15)17-4-2/h6,8H,3-5H2,1-2H3. The molecule has 0 fully saturated rings. The molecule has 1 unspecified atom stereocenters. The van der Waals surface area contributed by atoms with E-state index in [1.165, 1.54) is 13.8 Å². The van der Waals surface area contributed by atoms with E-state index < -0.39 is 30.2 Å². The molecule has 0 amide bonds. The zero-order valence-corrected chi connectivity index (χ0v) is 9.57. The second-order valence-corrected chi connectivity index (χ2v) is 3.16. The average molecular weight is 252 g/mol. The van der Waals surface area contributed by atoms with Crippen LogP contribution < -0.4 is 0 Å². The van der Waals surface area contributed by atoms with Gasteiger partial charge in [-0.25, -0.2) is 8.78 Å². The number of alkyl halides is 2. The summed E-state index contributed by atoms with van der Waals surface area (Å²) in [6, 6.07) is 0. The van der Waals surface area contributed by atoms with Gasteiger partial charge in [0.1, 0.15) is 6.29 Å². The molecule has 0 aromatic rings. The highest BCUT2D eigenvalue weighted by Gasteiger charge is 2.51. The van der Waals surface area contributed by atoms with Crippen LogP contribution in [0.1, 0.15) is 20.3 Å². The molecule has 0 aromatic carbocycles. The maximum atomic E-state index is 12.8. The number of hydrogen-bond donors (Lipinski definition) is 0. The minimum absolute atomic E-state index is 0.0279. The smallest absolute Gasteiger partial charge is 0.325 e. The minimum atomic E-state index is -3.33. The zero-order valence-electron chi connectivity index (χ0n) is 9.57. The topological polar surface area (TPSA) is 69.7 Å². The lowest BCUT2D eigenvalue weighted by Crippen LogP contribution is -2.43. The second kappa shape index (κ2) is 6.93. The van der Waals surface area contributed by atoms with Crippen molar-refractivity contribution in [3.63, 3.8) is 0 Å². The summed E-state index contributed by atoms with van der Waals surface area (Å²) in [6.07, 6.45) is -4.61. The van der Waals surface area contributed by atoms with Crippen molar-refractivity contribution in [1.29, 1.82) is 0 Å². The van der Waals surface area contributed by atoms with Gasteiger partial charge < -0.3 is 14.3 Å². The van der Waals surface area contributed by atoms with Gasteiger partial charge in [-0.3, -0.25) is 9.59 Å². The SMILES string of the molecule is CCOC(=O)CC(C=O)(C(=O)OCC)C(F)F. The van der Waals surface area contributed by atoms with Crippen LogP contribution in [0.25, 0.3) is 0 Å². The Bertz CT molecular complexity index is 292. The predicted molar refractivity (Wildman–Crippen MR) is 52.4 cm³/mol. The van der Waals surface area contributed by atoms with Gasteiger partial charge >= 0.3 is 11.9 Å². The molecule has 98 valence electrons. The second-order valence-electron chi connectivity index (χ2n) is 3.16. The van der Waals surface area contributed by atoms with Crippen LogP contribution in [0.3, 0.4) is 0 Å². The van der Waals surface area contributed by atoms with Crippen LogP contribution in [0.2, 0.25) is 0 Å². The summed E-state index contributed by atoms with van der Waals surface area (Å²) in [6.45, 7) is 2.69. The van der Waals surface area contributed by atoms with Crippen LogP contribution in [0.15, 0.2) is 0 Å². The maximum absolute atomic E-state index is 12.8. The number of carbonyl (C=O) groups excluding carboxylic acids is 3. The van der Waals surface area contributed by atoms with E-state index in [2.05, 4.69) is 9.47 Å². The molecular formula is C10H14F2O5. The normalized spacial score (nSPS) is 13.9. The van der Waals surface area contributed by atoms with Crippen molar-refractivity contribution in [2.24, 2.45) is 5.41 Å². The summed E-state index contributed by atoms with van der Waals surface area (Å²) in [5.41, 5.74) is -2.78. The summed E-state index contributed by atoms with van der Waals surface area (Å²) >= 11 is 0. The van der Waals surface area contributed by atoms with Crippen molar-refractivity contribution in [2.45, 2.75) is 26.7 Å². The molecule has 0 bridgehead atoms. The van der Waals surface area contributed by atoms with E-state index in [0.29, 0.717) is 0 Å². The number of ether oxygens (including phenoxy) is 2. The molecule has 0 rings (SSSR count). The monoisotopic (exact) mass is 252 g/mol. The van der Waals surface area contributed by atoms with Gasteiger partial charge in [-0.1, -0.05) is 0 Å². The zero-order chi connectivity index (χ0) is 13.5. The fourth-order valence-corrected chi connectivity index (χ4v) is 1.10. The first-order chi connectivity index (χ1) is 7.94. The van der Waals surface area contributed by atoms with Crippen molar-refractivity contribution in [1.82, 2.24) is 0 Å². The van der Waals surface area contributed by atoms with Gasteiger partial charge in [0, 0.05) is 0 Å². The summed E-state index contributed by atoms with van der Waals surface area (Å²) in [4.78, 5) is 33.2. The number of halogens is 2. The number of carbonyl (C=O) groups is 3. The Morgan fingerprint density at radius 3 is 2.12 bits per heavy atom. The lowest BCUT2D eigenvalue weighted by molar-refractivity contribution is -0.173. The molecular weight excluding hydrogens is 238 g/mol. The summed E-state index contributed by atoms with van der Waals surface area (Å²) in [7, 11) is 0. The van der Waals surface area contributed by atoms with E-state index in [1.54, 1.807) is 0 Å². The predicted octanol–water partition coefficient (Wildman–Crippen LogP) is 0.953.